The van der Waals surface area contributed by atoms with Crippen LogP contribution in [0.4, 0.5) is 10.1 Å². The van der Waals surface area contributed by atoms with Crippen molar-refractivity contribution in [2.75, 3.05) is 5.32 Å². The first-order valence-corrected chi connectivity index (χ1v) is 11.5. The number of carbonyl (C=O) groups is 1. The van der Waals surface area contributed by atoms with Gasteiger partial charge in [0.1, 0.15) is 11.6 Å². The summed E-state index contributed by atoms with van der Waals surface area (Å²) in [5, 5.41) is 16.4. The van der Waals surface area contributed by atoms with Gasteiger partial charge < -0.3 is 9.88 Å². The van der Waals surface area contributed by atoms with E-state index in [-0.39, 0.29) is 23.0 Å². The third kappa shape index (κ3) is 3.87. The van der Waals surface area contributed by atoms with Crippen molar-refractivity contribution in [3.63, 3.8) is 0 Å². The van der Waals surface area contributed by atoms with Crippen LogP contribution in [0.15, 0.2) is 47.3 Å². The Morgan fingerprint density at radius 3 is 2.65 bits per heavy atom. The highest BCUT2D eigenvalue weighted by atomic mass is 19.1. The first kappa shape index (κ1) is 21.9. The number of amides is 1. The maximum absolute atomic E-state index is 14.7. The smallest absolute Gasteiger partial charge is 0.276 e. The maximum Gasteiger partial charge on any atom is 0.276 e. The van der Waals surface area contributed by atoms with Crippen LogP contribution in [0.1, 0.15) is 55.5 Å². The number of hydrogen-bond acceptors (Lipinski definition) is 5. The molecule has 9 heteroatoms. The molecule has 0 spiro atoms. The summed E-state index contributed by atoms with van der Waals surface area (Å²) >= 11 is 0. The summed E-state index contributed by atoms with van der Waals surface area (Å²) in [4.78, 5) is 26.0. The van der Waals surface area contributed by atoms with Crippen LogP contribution >= 0.6 is 0 Å². The fourth-order valence-corrected chi connectivity index (χ4v) is 4.36. The lowest BCUT2D eigenvalue weighted by Crippen LogP contribution is -2.29. The van der Waals surface area contributed by atoms with Gasteiger partial charge in [-0.3, -0.25) is 9.59 Å². The van der Waals surface area contributed by atoms with Crippen molar-refractivity contribution in [3.05, 3.63) is 70.2 Å². The molecule has 3 heterocycles. The number of carbonyl (C=O) groups excluding carboxylic acids is 1. The lowest BCUT2D eigenvalue weighted by molar-refractivity contribution is 0.102. The SMILES string of the molecule is CC(C)n1nc(C(=O)Nc2cc(-c3nnc4n3CCCCC4)ccc2F)c2ccccc2c1=O. The molecule has 1 N–H and O–H groups in total. The van der Waals surface area contributed by atoms with Crippen LogP contribution in [0.3, 0.4) is 0 Å². The molecule has 1 aliphatic rings. The summed E-state index contributed by atoms with van der Waals surface area (Å²) in [6, 6.07) is 11.1. The summed E-state index contributed by atoms with van der Waals surface area (Å²) in [5.74, 6) is 0.411. The summed E-state index contributed by atoms with van der Waals surface area (Å²) in [7, 11) is 0. The van der Waals surface area contributed by atoms with Crippen molar-refractivity contribution in [1.29, 1.82) is 0 Å². The summed E-state index contributed by atoms with van der Waals surface area (Å²) in [6.07, 6.45) is 4.10. The largest absolute Gasteiger partial charge is 0.318 e. The van der Waals surface area contributed by atoms with Crippen molar-refractivity contribution in [2.45, 2.75) is 52.1 Å². The number of fused-ring (bicyclic) bond motifs is 2. The van der Waals surface area contributed by atoms with E-state index in [9.17, 15) is 14.0 Å². The second-order valence-electron chi connectivity index (χ2n) is 8.79. The Bertz CT molecular complexity index is 1460. The second kappa shape index (κ2) is 8.81. The van der Waals surface area contributed by atoms with Crippen LogP contribution < -0.4 is 10.9 Å². The molecule has 0 fully saturated rings. The van der Waals surface area contributed by atoms with Gasteiger partial charge in [0.25, 0.3) is 11.5 Å². The molecule has 0 saturated carbocycles. The van der Waals surface area contributed by atoms with E-state index in [0.717, 1.165) is 38.1 Å². The molecular formula is C25H25FN6O2. The summed E-state index contributed by atoms with van der Waals surface area (Å²) in [5.41, 5.74) is 0.469. The Hall–Kier alpha value is -3.88. The number of rotatable bonds is 4. The molecule has 0 unspecified atom stereocenters. The number of nitrogens with zero attached hydrogens (tertiary/aromatic N) is 5. The van der Waals surface area contributed by atoms with E-state index in [1.807, 2.05) is 13.8 Å². The van der Waals surface area contributed by atoms with E-state index in [1.54, 1.807) is 36.4 Å². The Labute approximate surface area is 195 Å². The van der Waals surface area contributed by atoms with E-state index in [0.29, 0.717) is 22.2 Å². The molecule has 0 radical (unpaired) electrons. The van der Waals surface area contributed by atoms with Crippen LogP contribution in [-0.2, 0) is 13.0 Å². The second-order valence-corrected chi connectivity index (χ2v) is 8.79. The van der Waals surface area contributed by atoms with Crippen molar-refractivity contribution in [3.8, 4) is 11.4 Å². The van der Waals surface area contributed by atoms with Gasteiger partial charge in [0, 0.05) is 23.9 Å². The molecule has 34 heavy (non-hydrogen) atoms. The zero-order valence-corrected chi connectivity index (χ0v) is 19.1. The molecule has 0 saturated heterocycles. The number of nitrogens with one attached hydrogen (secondary N) is 1. The molecule has 0 atom stereocenters. The van der Waals surface area contributed by atoms with E-state index < -0.39 is 11.7 Å². The van der Waals surface area contributed by atoms with E-state index in [1.165, 1.54) is 10.7 Å². The monoisotopic (exact) mass is 460 g/mol. The van der Waals surface area contributed by atoms with Gasteiger partial charge in [0.2, 0.25) is 0 Å². The highest BCUT2D eigenvalue weighted by Gasteiger charge is 2.21. The molecule has 2 aromatic heterocycles. The quantitative estimate of drug-likeness (QED) is 0.489. The minimum Gasteiger partial charge on any atom is -0.318 e. The average Bonchev–Trinajstić information content (AvgIpc) is 3.08. The number of halogens is 1. The molecule has 0 bridgehead atoms. The number of hydrogen-bond donors (Lipinski definition) is 1. The van der Waals surface area contributed by atoms with Crippen LogP contribution in [0.5, 0.6) is 0 Å². The number of anilines is 1. The lowest BCUT2D eigenvalue weighted by Gasteiger charge is -2.14. The molecule has 8 nitrogen and oxygen atoms in total. The van der Waals surface area contributed by atoms with Gasteiger partial charge in [-0.25, -0.2) is 9.07 Å². The summed E-state index contributed by atoms with van der Waals surface area (Å²) < 4.78 is 18.1. The number of benzene rings is 2. The highest BCUT2D eigenvalue weighted by molar-refractivity contribution is 6.11. The van der Waals surface area contributed by atoms with Gasteiger partial charge in [-0.15, -0.1) is 10.2 Å². The van der Waals surface area contributed by atoms with Gasteiger partial charge in [-0.1, -0.05) is 24.6 Å². The van der Waals surface area contributed by atoms with Gasteiger partial charge in [0.05, 0.1) is 17.1 Å². The van der Waals surface area contributed by atoms with Gasteiger partial charge in [-0.2, -0.15) is 5.10 Å². The topological polar surface area (TPSA) is 94.7 Å². The Balaban J connectivity index is 1.53. The van der Waals surface area contributed by atoms with Crippen molar-refractivity contribution < 1.29 is 9.18 Å². The third-order valence-corrected chi connectivity index (χ3v) is 6.11. The normalized spacial score (nSPS) is 13.6. The molecule has 4 aromatic rings. The third-order valence-electron chi connectivity index (χ3n) is 6.11. The van der Waals surface area contributed by atoms with Crippen molar-refractivity contribution in [2.24, 2.45) is 0 Å². The van der Waals surface area contributed by atoms with Crippen LogP contribution in [0.2, 0.25) is 0 Å². The standard InChI is InChI=1S/C25H25FN6O2/c1-15(2)32-25(34)18-9-6-5-8-17(18)22(30-32)24(33)27-20-14-16(11-12-19(20)26)23-29-28-21-10-4-3-7-13-31(21)23/h5-6,8-9,11-12,14-15H,3-4,7,10,13H2,1-2H3,(H,27,33). The Morgan fingerprint density at radius 2 is 1.85 bits per heavy atom. The van der Waals surface area contributed by atoms with Crippen LogP contribution in [-0.4, -0.2) is 30.5 Å². The molecular weight excluding hydrogens is 435 g/mol. The number of aromatic nitrogens is 5. The van der Waals surface area contributed by atoms with E-state index >= 15 is 0 Å². The summed E-state index contributed by atoms with van der Waals surface area (Å²) in [6.45, 7) is 4.44. The molecule has 174 valence electrons. The van der Waals surface area contributed by atoms with Gasteiger partial charge in [0.15, 0.2) is 11.5 Å². The van der Waals surface area contributed by atoms with Crippen LogP contribution in [0, 0.1) is 5.82 Å². The molecule has 1 amide bonds. The zero-order chi connectivity index (χ0) is 23.8. The Kier molecular flexibility index (Phi) is 5.69. The van der Waals surface area contributed by atoms with Gasteiger partial charge in [-0.05, 0) is 51.0 Å². The maximum atomic E-state index is 14.7. The fourth-order valence-electron chi connectivity index (χ4n) is 4.36. The predicted octanol–water partition coefficient (Wildman–Crippen LogP) is 4.35. The van der Waals surface area contributed by atoms with Crippen LogP contribution in [0.25, 0.3) is 22.2 Å². The zero-order valence-electron chi connectivity index (χ0n) is 19.1. The van der Waals surface area contributed by atoms with E-state index in [4.69, 9.17) is 0 Å². The van der Waals surface area contributed by atoms with Crippen molar-refractivity contribution >= 4 is 22.4 Å². The molecule has 0 aliphatic carbocycles. The lowest BCUT2D eigenvalue weighted by atomic mass is 10.1. The number of aryl methyl sites for hydroxylation is 1. The molecule has 1 aliphatic heterocycles. The van der Waals surface area contributed by atoms with Crippen molar-refractivity contribution in [1.82, 2.24) is 24.5 Å². The van der Waals surface area contributed by atoms with E-state index in [2.05, 4.69) is 25.2 Å². The molecule has 2 aromatic carbocycles. The Morgan fingerprint density at radius 1 is 1.06 bits per heavy atom. The minimum absolute atomic E-state index is 0.0154. The highest BCUT2D eigenvalue weighted by Crippen LogP contribution is 2.27. The average molecular weight is 461 g/mol. The fraction of sp³-hybridized carbons (Fsp3) is 0.320. The predicted molar refractivity (Wildman–Crippen MR) is 127 cm³/mol. The first-order chi connectivity index (χ1) is 16.4. The first-order valence-electron chi connectivity index (χ1n) is 11.5. The van der Waals surface area contributed by atoms with Gasteiger partial charge >= 0.3 is 0 Å². The minimum atomic E-state index is -0.596. The molecule has 5 rings (SSSR count).